The van der Waals surface area contributed by atoms with Crippen LogP contribution in [0, 0.1) is 6.92 Å². The summed E-state index contributed by atoms with van der Waals surface area (Å²) in [5.41, 5.74) is 2.15. The molecule has 0 spiro atoms. The minimum atomic E-state index is -3.93. The predicted molar refractivity (Wildman–Crippen MR) is 120 cm³/mol. The highest BCUT2D eigenvalue weighted by Gasteiger charge is 2.21. The lowest BCUT2D eigenvalue weighted by Gasteiger charge is -2.15. The summed E-state index contributed by atoms with van der Waals surface area (Å²) < 4.78 is 34.4. The molecule has 0 aliphatic rings. The fourth-order valence-corrected chi connectivity index (χ4v) is 4.26. The molecule has 4 aromatic rings. The van der Waals surface area contributed by atoms with Crippen LogP contribution in [-0.4, -0.2) is 36.7 Å². The summed E-state index contributed by atoms with van der Waals surface area (Å²) in [5.74, 6) is 0.282. The summed E-state index contributed by atoms with van der Waals surface area (Å²) in [6.07, 6.45) is 1.22. The van der Waals surface area contributed by atoms with Crippen molar-refractivity contribution in [2.75, 3.05) is 17.9 Å². The predicted octanol–water partition coefficient (Wildman–Crippen LogP) is 3.78. The van der Waals surface area contributed by atoms with Gasteiger partial charge in [-0.2, -0.15) is 0 Å². The lowest BCUT2D eigenvalue weighted by atomic mass is 10.1. The van der Waals surface area contributed by atoms with Gasteiger partial charge in [-0.1, -0.05) is 60.2 Å². The number of hydrogen-bond donors (Lipinski definition) is 2. The maximum absolute atomic E-state index is 13.2. The average Bonchev–Trinajstić information content (AvgIpc) is 2.78. The van der Waals surface area contributed by atoms with Crippen LogP contribution in [0.5, 0.6) is 5.88 Å². The number of sulfonamides is 1. The fourth-order valence-electron chi connectivity index (χ4n) is 3.20. The second-order valence-corrected chi connectivity index (χ2v) is 8.64. The van der Waals surface area contributed by atoms with Crippen molar-refractivity contribution >= 4 is 26.6 Å². The summed E-state index contributed by atoms with van der Waals surface area (Å²) >= 11 is 0. The standard InChI is InChI=1S/C23H21N3O4S/c1-16-6-8-18(9-7-16)21-22(24-15-25-23(21)30-13-12-27)26-31(28,29)20-11-10-17-4-2-3-5-19(17)14-20/h2-11,14-15,27H,12-13H2,1H3,(H,24,25,26). The lowest BCUT2D eigenvalue weighted by Crippen LogP contribution is -2.16. The van der Waals surface area contributed by atoms with E-state index >= 15 is 0 Å². The van der Waals surface area contributed by atoms with Gasteiger partial charge in [0.05, 0.1) is 17.1 Å². The Morgan fingerprint density at radius 3 is 2.45 bits per heavy atom. The highest BCUT2D eigenvalue weighted by Crippen LogP contribution is 2.35. The van der Waals surface area contributed by atoms with Gasteiger partial charge in [0.25, 0.3) is 10.0 Å². The molecule has 7 nitrogen and oxygen atoms in total. The summed E-state index contributed by atoms with van der Waals surface area (Å²) in [5, 5.41) is 10.9. The zero-order chi connectivity index (χ0) is 21.8. The zero-order valence-electron chi connectivity index (χ0n) is 16.8. The molecule has 0 bridgehead atoms. The van der Waals surface area contributed by atoms with E-state index in [-0.39, 0.29) is 29.8 Å². The van der Waals surface area contributed by atoms with Gasteiger partial charge in [-0.25, -0.2) is 18.4 Å². The number of ether oxygens (including phenoxy) is 1. The molecule has 158 valence electrons. The Hall–Kier alpha value is -3.49. The molecule has 0 atom stereocenters. The molecule has 31 heavy (non-hydrogen) atoms. The normalized spacial score (nSPS) is 11.4. The van der Waals surface area contributed by atoms with Crippen LogP contribution >= 0.6 is 0 Å². The molecule has 0 radical (unpaired) electrons. The van der Waals surface area contributed by atoms with Crippen molar-refractivity contribution in [1.29, 1.82) is 0 Å². The first-order valence-corrected chi connectivity index (χ1v) is 11.1. The van der Waals surface area contributed by atoms with E-state index in [2.05, 4.69) is 14.7 Å². The number of rotatable bonds is 7. The van der Waals surface area contributed by atoms with Gasteiger partial charge in [-0.3, -0.25) is 4.72 Å². The summed E-state index contributed by atoms with van der Waals surface area (Å²) in [7, 11) is -3.93. The van der Waals surface area contributed by atoms with Crippen LogP contribution in [0.2, 0.25) is 0 Å². The molecule has 0 unspecified atom stereocenters. The van der Waals surface area contributed by atoms with Crippen LogP contribution in [0.25, 0.3) is 21.9 Å². The first kappa shape index (κ1) is 20.8. The highest BCUT2D eigenvalue weighted by atomic mass is 32.2. The Kier molecular flexibility index (Phi) is 5.83. The van der Waals surface area contributed by atoms with E-state index in [1.807, 2.05) is 55.5 Å². The molecule has 4 rings (SSSR count). The molecule has 0 saturated carbocycles. The number of anilines is 1. The Bertz CT molecular complexity index is 1320. The van der Waals surface area contributed by atoms with Crippen LogP contribution in [0.1, 0.15) is 5.56 Å². The van der Waals surface area contributed by atoms with Gasteiger partial charge in [0.2, 0.25) is 5.88 Å². The van der Waals surface area contributed by atoms with Crippen molar-refractivity contribution in [2.24, 2.45) is 0 Å². The maximum atomic E-state index is 13.2. The molecule has 3 aromatic carbocycles. The first-order valence-electron chi connectivity index (χ1n) is 9.65. The largest absolute Gasteiger partial charge is 0.475 e. The number of benzene rings is 3. The van der Waals surface area contributed by atoms with Crippen molar-refractivity contribution in [3.8, 4) is 17.0 Å². The molecular weight excluding hydrogens is 414 g/mol. The van der Waals surface area contributed by atoms with Crippen molar-refractivity contribution in [2.45, 2.75) is 11.8 Å². The van der Waals surface area contributed by atoms with Crippen LogP contribution in [0.15, 0.2) is 78.0 Å². The molecule has 8 heteroatoms. The molecule has 0 saturated heterocycles. The van der Waals surface area contributed by atoms with Crippen molar-refractivity contribution in [3.05, 3.63) is 78.6 Å². The minimum absolute atomic E-state index is 0.0206. The molecule has 0 aliphatic carbocycles. The van der Waals surface area contributed by atoms with Gasteiger partial charge >= 0.3 is 0 Å². The highest BCUT2D eigenvalue weighted by molar-refractivity contribution is 7.92. The molecular formula is C23H21N3O4S. The van der Waals surface area contributed by atoms with Crippen LogP contribution in [0.3, 0.4) is 0 Å². The monoisotopic (exact) mass is 435 g/mol. The van der Waals surface area contributed by atoms with Crippen molar-refractivity contribution in [1.82, 2.24) is 9.97 Å². The van der Waals surface area contributed by atoms with Crippen LogP contribution < -0.4 is 9.46 Å². The molecule has 0 fully saturated rings. The molecule has 2 N–H and O–H groups in total. The molecule has 0 aliphatic heterocycles. The number of aryl methyl sites for hydroxylation is 1. The number of aromatic nitrogens is 2. The van der Waals surface area contributed by atoms with Crippen LogP contribution in [-0.2, 0) is 10.0 Å². The number of nitrogens with zero attached hydrogens (tertiary/aromatic N) is 2. The Morgan fingerprint density at radius 2 is 1.71 bits per heavy atom. The number of aliphatic hydroxyl groups is 1. The maximum Gasteiger partial charge on any atom is 0.263 e. The average molecular weight is 436 g/mol. The number of fused-ring (bicyclic) bond motifs is 1. The number of nitrogens with one attached hydrogen (secondary N) is 1. The second kappa shape index (κ2) is 8.71. The second-order valence-electron chi connectivity index (χ2n) is 6.95. The van der Waals surface area contributed by atoms with Crippen molar-refractivity contribution in [3.63, 3.8) is 0 Å². The third-order valence-corrected chi connectivity index (χ3v) is 6.08. The SMILES string of the molecule is Cc1ccc(-c2c(NS(=O)(=O)c3ccc4ccccc4c3)ncnc2OCCO)cc1. The smallest absolute Gasteiger partial charge is 0.263 e. The summed E-state index contributed by atoms with van der Waals surface area (Å²) in [4.78, 5) is 8.44. The Labute approximate surface area is 180 Å². The third-order valence-electron chi connectivity index (χ3n) is 4.75. The van der Waals surface area contributed by atoms with E-state index < -0.39 is 10.0 Å². The number of hydrogen-bond acceptors (Lipinski definition) is 6. The van der Waals surface area contributed by atoms with E-state index in [0.717, 1.165) is 16.3 Å². The zero-order valence-corrected chi connectivity index (χ0v) is 17.6. The van der Waals surface area contributed by atoms with E-state index in [4.69, 9.17) is 9.84 Å². The van der Waals surface area contributed by atoms with Crippen LogP contribution in [0.4, 0.5) is 5.82 Å². The Balaban J connectivity index is 1.78. The first-order chi connectivity index (χ1) is 15.0. The summed E-state index contributed by atoms with van der Waals surface area (Å²) in [6, 6.07) is 20.0. The lowest BCUT2D eigenvalue weighted by molar-refractivity contribution is 0.197. The molecule has 0 amide bonds. The van der Waals surface area contributed by atoms with E-state index in [9.17, 15) is 8.42 Å². The van der Waals surface area contributed by atoms with Gasteiger partial charge in [0.1, 0.15) is 12.9 Å². The quantitative estimate of drug-likeness (QED) is 0.458. The molecule has 1 aromatic heterocycles. The number of aliphatic hydroxyl groups excluding tert-OH is 1. The Morgan fingerprint density at radius 1 is 0.968 bits per heavy atom. The van der Waals surface area contributed by atoms with Gasteiger partial charge in [-0.05, 0) is 35.4 Å². The van der Waals surface area contributed by atoms with Gasteiger partial charge in [-0.15, -0.1) is 0 Å². The van der Waals surface area contributed by atoms with E-state index in [1.54, 1.807) is 18.2 Å². The third kappa shape index (κ3) is 4.50. The van der Waals surface area contributed by atoms with Gasteiger partial charge in [0, 0.05) is 0 Å². The van der Waals surface area contributed by atoms with Crippen molar-refractivity contribution < 1.29 is 18.3 Å². The van der Waals surface area contributed by atoms with E-state index in [1.165, 1.54) is 6.33 Å². The fraction of sp³-hybridized carbons (Fsp3) is 0.130. The molecule has 1 heterocycles. The summed E-state index contributed by atoms with van der Waals surface area (Å²) in [6.45, 7) is 1.78. The minimum Gasteiger partial charge on any atom is -0.475 e. The van der Waals surface area contributed by atoms with Gasteiger partial charge in [0.15, 0.2) is 5.82 Å². The van der Waals surface area contributed by atoms with Gasteiger partial charge < -0.3 is 9.84 Å². The topological polar surface area (TPSA) is 101 Å². The van der Waals surface area contributed by atoms with E-state index in [0.29, 0.717) is 11.1 Å².